The van der Waals surface area contributed by atoms with Crippen molar-refractivity contribution in [3.63, 3.8) is 0 Å². The fourth-order valence-electron chi connectivity index (χ4n) is 3.50. The van der Waals surface area contributed by atoms with Crippen LogP contribution in [0.3, 0.4) is 0 Å². The van der Waals surface area contributed by atoms with Gasteiger partial charge in [0.15, 0.2) is 0 Å². The maximum atomic E-state index is 12.1. The van der Waals surface area contributed by atoms with Gasteiger partial charge in [0.05, 0.1) is 0 Å². The number of likely N-dealkylation sites (tertiary alicyclic amines) is 1. The second-order valence-electron chi connectivity index (χ2n) is 6.80. The first-order valence-corrected chi connectivity index (χ1v) is 7.99. The zero-order chi connectivity index (χ0) is 13.2. The van der Waals surface area contributed by atoms with Gasteiger partial charge in [0.1, 0.15) is 0 Å². The van der Waals surface area contributed by atoms with E-state index in [1.54, 1.807) is 0 Å². The van der Waals surface area contributed by atoms with Gasteiger partial charge in [-0.15, -0.1) is 0 Å². The van der Waals surface area contributed by atoms with E-state index >= 15 is 0 Å². The van der Waals surface area contributed by atoms with Crippen LogP contribution in [0.2, 0.25) is 0 Å². The maximum absolute atomic E-state index is 12.1. The van der Waals surface area contributed by atoms with E-state index in [4.69, 9.17) is 5.73 Å². The Balaban J connectivity index is 1.37. The van der Waals surface area contributed by atoms with Crippen LogP contribution in [0.25, 0.3) is 0 Å². The Morgan fingerprint density at radius 3 is 2.42 bits per heavy atom. The minimum absolute atomic E-state index is 0.180. The number of rotatable bonds is 4. The normalized spacial score (nSPS) is 33.5. The number of piperidine rings is 1. The molecule has 1 aliphatic heterocycles. The number of hydrogen-bond donors (Lipinski definition) is 2. The topological polar surface area (TPSA) is 58.4 Å². The summed E-state index contributed by atoms with van der Waals surface area (Å²) in [7, 11) is 0. The van der Waals surface area contributed by atoms with E-state index in [0.29, 0.717) is 6.04 Å². The van der Waals surface area contributed by atoms with Crippen LogP contribution in [0.1, 0.15) is 44.9 Å². The van der Waals surface area contributed by atoms with Crippen LogP contribution >= 0.6 is 0 Å². The van der Waals surface area contributed by atoms with Crippen molar-refractivity contribution in [2.75, 3.05) is 19.6 Å². The molecule has 4 heteroatoms. The molecule has 4 nitrogen and oxygen atoms in total. The average Bonchev–Trinajstić information content (AvgIpc) is 3.11. The molecule has 19 heavy (non-hydrogen) atoms. The molecular formula is C15H27N3O. The molecule has 1 saturated heterocycles. The molecular weight excluding hydrogens is 238 g/mol. The standard InChI is InChI=1S/C15H27N3O/c16-13-4-3-12(9-13)15(19)17-14-5-7-18(8-6-14)10-11-1-2-11/h11-14H,1-10,16H2,(H,17,19). The van der Waals surface area contributed by atoms with Crippen molar-refractivity contribution < 1.29 is 4.79 Å². The second kappa shape index (κ2) is 5.80. The van der Waals surface area contributed by atoms with Gasteiger partial charge in [-0.3, -0.25) is 4.79 Å². The molecule has 2 aliphatic carbocycles. The number of amides is 1. The Morgan fingerprint density at radius 1 is 1.11 bits per heavy atom. The van der Waals surface area contributed by atoms with Crippen LogP contribution in [-0.4, -0.2) is 42.5 Å². The van der Waals surface area contributed by atoms with Crippen molar-refractivity contribution in [1.29, 1.82) is 0 Å². The molecule has 108 valence electrons. The van der Waals surface area contributed by atoms with Crippen LogP contribution in [0.15, 0.2) is 0 Å². The van der Waals surface area contributed by atoms with Crippen molar-refractivity contribution in [2.24, 2.45) is 17.6 Å². The molecule has 0 aromatic carbocycles. The highest BCUT2D eigenvalue weighted by Crippen LogP contribution is 2.30. The Kier molecular flexibility index (Phi) is 4.08. The third kappa shape index (κ3) is 3.69. The highest BCUT2D eigenvalue weighted by Gasteiger charge is 2.31. The monoisotopic (exact) mass is 265 g/mol. The van der Waals surface area contributed by atoms with Gasteiger partial charge in [0.2, 0.25) is 5.91 Å². The van der Waals surface area contributed by atoms with Gasteiger partial charge < -0.3 is 16.0 Å². The quantitative estimate of drug-likeness (QED) is 0.800. The lowest BCUT2D eigenvalue weighted by Gasteiger charge is -2.32. The smallest absolute Gasteiger partial charge is 0.223 e. The lowest BCUT2D eigenvalue weighted by Crippen LogP contribution is -2.46. The zero-order valence-electron chi connectivity index (χ0n) is 11.8. The lowest BCUT2D eigenvalue weighted by atomic mass is 10.0. The number of carbonyl (C=O) groups excluding carboxylic acids is 1. The van der Waals surface area contributed by atoms with E-state index in [0.717, 1.165) is 51.1 Å². The number of hydrogen-bond acceptors (Lipinski definition) is 3. The molecule has 0 radical (unpaired) electrons. The summed E-state index contributed by atoms with van der Waals surface area (Å²) in [5, 5.41) is 3.25. The SMILES string of the molecule is NC1CCC(C(=O)NC2CCN(CC3CC3)CC2)C1. The average molecular weight is 265 g/mol. The molecule has 2 saturated carbocycles. The Hall–Kier alpha value is -0.610. The molecule has 1 heterocycles. The largest absolute Gasteiger partial charge is 0.353 e. The van der Waals surface area contributed by atoms with E-state index in [2.05, 4.69) is 10.2 Å². The van der Waals surface area contributed by atoms with E-state index < -0.39 is 0 Å². The number of nitrogens with zero attached hydrogens (tertiary/aromatic N) is 1. The van der Waals surface area contributed by atoms with Crippen LogP contribution in [0, 0.1) is 11.8 Å². The Bertz CT molecular complexity index is 321. The zero-order valence-corrected chi connectivity index (χ0v) is 11.8. The molecule has 1 amide bonds. The van der Waals surface area contributed by atoms with Crippen LogP contribution < -0.4 is 11.1 Å². The molecule has 0 spiro atoms. The molecule has 2 unspecified atom stereocenters. The predicted molar refractivity (Wildman–Crippen MR) is 75.6 cm³/mol. The van der Waals surface area contributed by atoms with E-state index in [1.807, 2.05) is 0 Å². The van der Waals surface area contributed by atoms with Crippen molar-refractivity contribution in [2.45, 2.75) is 57.0 Å². The van der Waals surface area contributed by atoms with E-state index in [-0.39, 0.29) is 17.9 Å². The van der Waals surface area contributed by atoms with Gasteiger partial charge in [0, 0.05) is 37.6 Å². The molecule has 0 bridgehead atoms. The first-order chi connectivity index (χ1) is 9.20. The summed E-state index contributed by atoms with van der Waals surface area (Å²) in [6.07, 6.45) is 7.98. The van der Waals surface area contributed by atoms with Crippen LogP contribution in [0.5, 0.6) is 0 Å². The third-order valence-corrected chi connectivity index (χ3v) is 4.99. The summed E-state index contributed by atoms with van der Waals surface area (Å²) in [5.41, 5.74) is 5.88. The molecule has 0 aromatic rings. The number of nitrogens with one attached hydrogen (secondary N) is 1. The fourth-order valence-corrected chi connectivity index (χ4v) is 3.50. The second-order valence-corrected chi connectivity index (χ2v) is 6.80. The first kappa shape index (κ1) is 13.4. The van der Waals surface area contributed by atoms with Gasteiger partial charge in [0.25, 0.3) is 0 Å². The summed E-state index contributed by atoms with van der Waals surface area (Å²) in [6.45, 7) is 3.61. The van der Waals surface area contributed by atoms with Crippen molar-refractivity contribution in [1.82, 2.24) is 10.2 Å². The highest BCUT2D eigenvalue weighted by molar-refractivity contribution is 5.79. The summed E-state index contributed by atoms with van der Waals surface area (Å²) >= 11 is 0. The predicted octanol–water partition coefficient (Wildman–Crippen LogP) is 1.10. The van der Waals surface area contributed by atoms with Gasteiger partial charge in [-0.2, -0.15) is 0 Å². The fraction of sp³-hybridized carbons (Fsp3) is 0.933. The number of carbonyl (C=O) groups is 1. The molecule has 3 fully saturated rings. The molecule has 3 rings (SSSR count). The minimum atomic E-state index is 0.180. The van der Waals surface area contributed by atoms with Gasteiger partial charge in [-0.05, 0) is 50.9 Å². The first-order valence-electron chi connectivity index (χ1n) is 7.99. The van der Waals surface area contributed by atoms with Gasteiger partial charge in [-0.25, -0.2) is 0 Å². The molecule has 2 atom stereocenters. The van der Waals surface area contributed by atoms with Crippen molar-refractivity contribution in [3.8, 4) is 0 Å². The van der Waals surface area contributed by atoms with Crippen LogP contribution in [-0.2, 0) is 4.79 Å². The minimum Gasteiger partial charge on any atom is -0.353 e. The van der Waals surface area contributed by atoms with Gasteiger partial charge >= 0.3 is 0 Å². The van der Waals surface area contributed by atoms with Crippen LogP contribution in [0.4, 0.5) is 0 Å². The van der Waals surface area contributed by atoms with Gasteiger partial charge in [-0.1, -0.05) is 0 Å². The molecule has 3 N–H and O–H groups in total. The summed E-state index contributed by atoms with van der Waals surface area (Å²) in [6, 6.07) is 0.649. The van der Waals surface area contributed by atoms with Crippen molar-refractivity contribution in [3.05, 3.63) is 0 Å². The van der Waals surface area contributed by atoms with E-state index in [9.17, 15) is 4.79 Å². The molecule has 0 aromatic heterocycles. The number of nitrogens with two attached hydrogens (primary N) is 1. The summed E-state index contributed by atoms with van der Waals surface area (Å²) in [4.78, 5) is 14.7. The third-order valence-electron chi connectivity index (χ3n) is 4.99. The van der Waals surface area contributed by atoms with E-state index in [1.165, 1.54) is 19.4 Å². The Morgan fingerprint density at radius 2 is 1.84 bits per heavy atom. The highest BCUT2D eigenvalue weighted by atomic mass is 16.1. The summed E-state index contributed by atoms with van der Waals surface area (Å²) < 4.78 is 0. The molecule has 3 aliphatic rings. The summed E-state index contributed by atoms with van der Waals surface area (Å²) in [5.74, 6) is 1.42. The maximum Gasteiger partial charge on any atom is 0.223 e. The lowest BCUT2D eigenvalue weighted by molar-refractivity contribution is -0.125. The Labute approximate surface area is 116 Å². The van der Waals surface area contributed by atoms with Crippen molar-refractivity contribution >= 4 is 5.91 Å².